The Bertz CT molecular complexity index is 3240. The van der Waals surface area contributed by atoms with Crippen molar-refractivity contribution < 1.29 is 0 Å². The van der Waals surface area contributed by atoms with Crippen LogP contribution in [-0.2, 0) is 0 Å². The normalized spacial score (nSPS) is 12.0. The van der Waals surface area contributed by atoms with Crippen molar-refractivity contribution in [1.82, 2.24) is 0 Å². The third kappa shape index (κ3) is 5.33. The molecule has 0 amide bonds. The first-order valence-corrected chi connectivity index (χ1v) is 20.4. The van der Waals surface area contributed by atoms with E-state index in [4.69, 9.17) is 0 Å². The van der Waals surface area contributed by atoms with E-state index in [0.717, 1.165) is 5.69 Å². The third-order valence-electron chi connectivity index (χ3n) is 12.3. The average molecular weight is 748 g/mol. The highest BCUT2D eigenvalue weighted by atomic mass is 15.2. The van der Waals surface area contributed by atoms with Gasteiger partial charge in [0.25, 0.3) is 0 Å². The Kier molecular flexibility index (Phi) is 7.61. The van der Waals surface area contributed by atoms with Crippen molar-refractivity contribution in [1.29, 1.82) is 0 Å². The van der Waals surface area contributed by atoms with Gasteiger partial charge in [-0.3, -0.25) is 0 Å². The summed E-state index contributed by atoms with van der Waals surface area (Å²) >= 11 is 0. The van der Waals surface area contributed by atoms with Gasteiger partial charge in [0.15, 0.2) is 0 Å². The predicted molar refractivity (Wildman–Crippen MR) is 249 cm³/mol. The molecular formula is C58H37N. The minimum Gasteiger partial charge on any atom is -0.308 e. The van der Waals surface area contributed by atoms with E-state index in [0.29, 0.717) is 0 Å². The maximum absolute atomic E-state index is 2.59. The Morgan fingerprint density at radius 1 is 0.203 bits per heavy atom. The van der Waals surface area contributed by atoms with E-state index >= 15 is 0 Å². The Hall–Kier alpha value is -7.74. The summed E-state index contributed by atoms with van der Waals surface area (Å²) in [7, 11) is 0. The molecule has 2 heterocycles. The van der Waals surface area contributed by atoms with Crippen LogP contribution < -0.4 is 4.90 Å². The van der Waals surface area contributed by atoms with Crippen LogP contribution in [-0.4, -0.2) is 0 Å². The van der Waals surface area contributed by atoms with Gasteiger partial charge in [-0.1, -0.05) is 182 Å². The molecule has 0 aliphatic carbocycles. The lowest BCUT2D eigenvalue weighted by molar-refractivity contribution is 1.31. The largest absolute Gasteiger partial charge is 0.308 e. The molecule has 12 rings (SSSR count). The summed E-state index contributed by atoms with van der Waals surface area (Å²) in [5.74, 6) is 0. The number of anilines is 3. The van der Waals surface area contributed by atoms with Crippen LogP contribution in [0, 0.1) is 0 Å². The molecule has 0 fully saturated rings. The number of para-hydroxylation sites is 2. The van der Waals surface area contributed by atoms with E-state index in [1.807, 2.05) is 0 Å². The quantitative estimate of drug-likeness (QED) is 0.173. The van der Waals surface area contributed by atoms with E-state index in [2.05, 4.69) is 229 Å². The highest BCUT2D eigenvalue weighted by Gasteiger charge is 2.35. The van der Waals surface area contributed by atoms with Gasteiger partial charge in [0.2, 0.25) is 0 Å². The van der Waals surface area contributed by atoms with Crippen LogP contribution in [0.2, 0.25) is 0 Å². The smallest absolute Gasteiger partial charge is 0.0619 e. The topological polar surface area (TPSA) is 3.24 Å². The van der Waals surface area contributed by atoms with Crippen molar-refractivity contribution in [3.05, 3.63) is 224 Å². The van der Waals surface area contributed by atoms with Crippen LogP contribution in [0.25, 0.3) is 99.8 Å². The molecule has 10 aromatic carbocycles. The molecule has 0 spiro atoms. The van der Waals surface area contributed by atoms with E-state index in [1.54, 1.807) is 0 Å². The zero-order valence-corrected chi connectivity index (χ0v) is 32.3. The average Bonchev–Trinajstić information content (AvgIpc) is 3.51. The van der Waals surface area contributed by atoms with Crippen molar-refractivity contribution in [3.8, 4) is 89.0 Å². The fourth-order valence-corrected chi connectivity index (χ4v) is 9.63. The van der Waals surface area contributed by atoms with Gasteiger partial charge in [-0.05, 0) is 120 Å². The molecule has 0 aromatic heterocycles. The molecule has 10 aromatic rings. The maximum atomic E-state index is 2.59. The molecule has 274 valence electrons. The lowest BCUT2D eigenvalue weighted by Crippen LogP contribution is -2.12. The molecule has 0 N–H and O–H groups in total. The fourth-order valence-electron chi connectivity index (χ4n) is 9.63. The summed E-state index contributed by atoms with van der Waals surface area (Å²) in [5.41, 5.74) is 22.9. The summed E-state index contributed by atoms with van der Waals surface area (Å²) in [6.45, 7) is 0. The molecule has 0 bridgehead atoms. The van der Waals surface area contributed by atoms with Gasteiger partial charge in [-0.15, -0.1) is 0 Å². The number of hydrogen-bond donors (Lipinski definition) is 0. The van der Waals surface area contributed by atoms with Crippen molar-refractivity contribution in [3.63, 3.8) is 0 Å². The Balaban J connectivity index is 1.28. The third-order valence-corrected chi connectivity index (χ3v) is 12.3. The second-order valence-electron chi connectivity index (χ2n) is 15.6. The van der Waals surface area contributed by atoms with Gasteiger partial charge in [0.1, 0.15) is 0 Å². The number of nitrogens with zero attached hydrogens (tertiary/aromatic N) is 1. The first-order chi connectivity index (χ1) is 29.3. The van der Waals surface area contributed by atoms with Crippen LogP contribution >= 0.6 is 0 Å². The minimum absolute atomic E-state index is 1.16. The maximum Gasteiger partial charge on any atom is 0.0619 e. The van der Waals surface area contributed by atoms with Gasteiger partial charge in [-0.2, -0.15) is 0 Å². The van der Waals surface area contributed by atoms with Crippen LogP contribution in [0.5, 0.6) is 0 Å². The molecule has 1 nitrogen and oxygen atoms in total. The first-order valence-electron chi connectivity index (χ1n) is 20.4. The Morgan fingerprint density at radius 3 is 1.07 bits per heavy atom. The lowest BCUT2D eigenvalue weighted by Gasteiger charge is -2.30. The van der Waals surface area contributed by atoms with Crippen LogP contribution in [0.3, 0.4) is 0 Å². The van der Waals surface area contributed by atoms with Gasteiger partial charge in [0.05, 0.1) is 17.1 Å². The Labute approximate surface area is 344 Å². The van der Waals surface area contributed by atoms with Gasteiger partial charge >= 0.3 is 0 Å². The zero-order chi connectivity index (χ0) is 38.9. The van der Waals surface area contributed by atoms with Crippen molar-refractivity contribution in [2.24, 2.45) is 0 Å². The van der Waals surface area contributed by atoms with E-state index in [1.165, 1.54) is 111 Å². The number of fused-ring (bicyclic) bond motifs is 11. The van der Waals surface area contributed by atoms with Gasteiger partial charge < -0.3 is 4.90 Å². The van der Waals surface area contributed by atoms with Crippen LogP contribution in [0.4, 0.5) is 17.1 Å². The summed E-state index contributed by atoms with van der Waals surface area (Å²) in [6, 6.07) is 83.0. The summed E-state index contributed by atoms with van der Waals surface area (Å²) in [5, 5.41) is 2.48. The molecule has 0 saturated carbocycles. The molecule has 0 radical (unpaired) electrons. The molecule has 2 aliphatic rings. The van der Waals surface area contributed by atoms with E-state index in [-0.39, 0.29) is 0 Å². The molecule has 0 saturated heterocycles. The Morgan fingerprint density at radius 2 is 0.559 bits per heavy atom. The van der Waals surface area contributed by atoms with Crippen LogP contribution in [0.1, 0.15) is 0 Å². The molecule has 1 heteroatoms. The standard InChI is InChI=1S/C58H37N/c1-5-18-38(19-6-1)47-34-53-46-30-17-29-45-52-33-43-27-14-13-26-42(43)32-51(52)44-28-15-16-31-56(44)59(58(45)46)57-37-50(41-24-11-4-12-25-41)49(40-22-9-3-10-23-40)36-55(57)54(53)35-48(47)39-20-7-2-8-21-39/h1-37H. The van der Waals surface area contributed by atoms with Gasteiger partial charge in [0, 0.05) is 22.3 Å². The molecular weight excluding hydrogens is 711 g/mol. The van der Waals surface area contributed by atoms with Gasteiger partial charge in [-0.25, -0.2) is 0 Å². The molecule has 2 aliphatic heterocycles. The highest BCUT2D eigenvalue weighted by Crippen LogP contribution is 2.60. The highest BCUT2D eigenvalue weighted by molar-refractivity contribution is 6.15. The van der Waals surface area contributed by atoms with Crippen molar-refractivity contribution in [2.45, 2.75) is 0 Å². The number of hydrogen-bond acceptors (Lipinski definition) is 1. The minimum atomic E-state index is 1.16. The lowest BCUT2D eigenvalue weighted by atomic mass is 9.83. The van der Waals surface area contributed by atoms with E-state index in [9.17, 15) is 0 Å². The van der Waals surface area contributed by atoms with Crippen molar-refractivity contribution >= 4 is 27.8 Å². The number of benzene rings is 10. The molecule has 59 heavy (non-hydrogen) atoms. The molecule has 0 atom stereocenters. The summed E-state index contributed by atoms with van der Waals surface area (Å²) in [4.78, 5) is 2.59. The monoisotopic (exact) mass is 747 g/mol. The first kappa shape index (κ1) is 33.4. The van der Waals surface area contributed by atoms with E-state index < -0.39 is 0 Å². The van der Waals surface area contributed by atoms with Crippen molar-refractivity contribution in [2.75, 3.05) is 4.90 Å². The van der Waals surface area contributed by atoms with Crippen LogP contribution in [0.15, 0.2) is 224 Å². The summed E-state index contributed by atoms with van der Waals surface area (Å²) in [6.07, 6.45) is 0. The zero-order valence-electron chi connectivity index (χ0n) is 32.3. The second kappa shape index (κ2) is 13.4. The second-order valence-corrected chi connectivity index (χ2v) is 15.6. The fraction of sp³-hybridized carbons (Fsp3) is 0. The number of rotatable bonds is 4. The SMILES string of the molecule is c1ccc(-c2cc3c(cc2-c2ccccc2)-c2cccc4c2N(c2ccccc2-c2cc5ccccc5cc2-4)c2cc(-c4ccccc4)c(-c4ccccc4)cc2-3)cc1. The predicted octanol–water partition coefficient (Wildman–Crippen LogP) is 16.3. The molecule has 0 unspecified atom stereocenters. The summed E-state index contributed by atoms with van der Waals surface area (Å²) < 4.78 is 0.